The molecule has 0 radical (unpaired) electrons. The molecule has 0 fully saturated rings. The molecule has 2 rings (SSSR count). The Morgan fingerprint density at radius 1 is 0.591 bits per heavy atom. The summed E-state index contributed by atoms with van der Waals surface area (Å²) in [6, 6.07) is 18.1. The predicted octanol–water partition coefficient (Wildman–Crippen LogP) is 6.49. The first kappa shape index (κ1) is 16.8. The summed E-state index contributed by atoms with van der Waals surface area (Å²) in [5.41, 5.74) is 5.63. The minimum Gasteiger partial charge on any atom is -0.0654 e. The average Bonchev–Trinajstić information content (AvgIpc) is 2.54. The van der Waals surface area contributed by atoms with E-state index in [-0.39, 0.29) is 0 Å². The second-order valence-electron chi connectivity index (χ2n) is 6.50. The van der Waals surface area contributed by atoms with Crippen molar-refractivity contribution in [2.24, 2.45) is 0 Å². The Hall–Kier alpha value is -1.56. The Balaban J connectivity index is 1.74. The number of aryl methyl sites for hydroxylation is 2. The number of hydrogen-bond acceptors (Lipinski definition) is 0. The maximum atomic E-state index is 2.32. The van der Waals surface area contributed by atoms with Gasteiger partial charge in [0.2, 0.25) is 0 Å². The lowest BCUT2D eigenvalue weighted by Crippen LogP contribution is -1.91. The molecule has 0 amide bonds. The minimum atomic E-state index is 1.04. The van der Waals surface area contributed by atoms with Crippen LogP contribution in [0.4, 0.5) is 0 Å². The van der Waals surface area contributed by atoms with Gasteiger partial charge in [0.1, 0.15) is 0 Å². The molecule has 0 unspecified atom stereocenters. The highest BCUT2D eigenvalue weighted by Gasteiger charge is 1.98. The summed E-state index contributed by atoms with van der Waals surface area (Å²) in [6.07, 6.45) is 10.5. The van der Waals surface area contributed by atoms with Gasteiger partial charge < -0.3 is 0 Å². The molecule has 0 aliphatic carbocycles. The third-order valence-electron chi connectivity index (χ3n) is 4.37. The molecule has 0 nitrogen and oxygen atoms in total. The highest BCUT2D eigenvalue weighted by molar-refractivity contribution is 5.30. The molecule has 0 aliphatic heterocycles. The zero-order valence-electron chi connectivity index (χ0n) is 14.3. The summed E-state index contributed by atoms with van der Waals surface area (Å²) >= 11 is 0. The van der Waals surface area contributed by atoms with Gasteiger partial charge in [-0.3, -0.25) is 0 Å². The number of benzene rings is 2. The molecule has 0 aliphatic rings. The van der Waals surface area contributed by atoms with Crippen molar-refractivity contribution in [2.45, 2.75) is 65.2 Å². The molecular formula is C22H30. The van der Waals surface area contributed by atoms with Gasteiger partial charge in [0.15, 0.2) is 0 Å². The standard InChI is InChI=1S/C22H30/c1-3-4-5-6-7-8-9-20-14-16-22(17-15-20)18-21-12-10-19(2)11-13-21/h10-17H,3-9,18H2,1-2H3. The molecule has 22 heavy (non-hydrogen) atoms. The molecule has 2 aromatic rings. The molecule has 0 aromatic heterocycles. The van der Waals surface area contributed by atoms with E-state index in [2.05, 4.69) is 62.4 Å². The topological polar surface area (TPSA) is 0 Å². The van der Waals surface area contributed by atoms with Crippen LogP contribution in [0.25, 0.3) is 0 Å². The minimum absolute atomic E-state index is 1.04. The van der Waals surface area contributed by atoms with Crippen molar-refractivity contribution in [3.05, 3.63) is 70.8 Å². The second kappa shape index (κ2) is 9.46. The number of unbranched alkanes of at least 4 members (excludes halogenated alkanes) is 5. The van der Waals surface area contributed by atoms with Crippen molar-refractivity contribution in [2.75, 3.05) is 0 Å². The first-order valence-electron chi connectivity index (χ1n) is 8.91. The fourth-order valence-electron chi connectivity index (χ4n) is 2.87. The van der Waals surface area contributed by atoms with Gasteiger partial charge in [0.05, 0.1) is 0 Å². The zero-order chi connectivity index (χ0) is 15.6. The van der Waals surface area contributed by atoms with Gasteiger partial charge in [-0.2, -0.15) is 0 Å². The van der Waals surface area contributed by atoms with Crippen LogP contribution >= 0.6 is 0 Å². The SMILES string of the molecule is CCCCCCCCc1ccc(Cc2ccc(C)cc2)cc1. The summed E-state index contributed by atoms with van der Waals surface area (Å²) in [7, 11) is 0. The van der Waals surface area contributed by atoms with Crippen LogP contribution in [0.5, 0.6) is 0 Å². The third kappa shape index (κ3) is 6.05. The van der Waals surface area contributed by atoms with E-state index >= 15 is 0 Å². The lowest BCUT2D eigenvalue weighted by Gasteiger charge is -2.05. The van der Waals surface area contributed by atoms with Crippen LogP contribution in [0.1, 0.15) is 67.7 Å². The van der Waals surface area contributed by atoms with Crippen LogP contribution in [0, 0.1) is 6.92 Å². The van der Waals surface area contributed by atoms with Gasteiger partial charge in [-0.1, -0.05) is 93.1 Å². The molecule has 2 aromatic carbocycles. The number of rotatable bonds is 9. The monoisotopic (exact) mass is 294 g/mol. The van der Waals surface area contributed by atoms with Gasteiger partial charge in [-0.05, 0) is 42.9 Å². The molecule has 118 valence electrons. The molecule has 0 atom stereocenters. The van der Waals surface area contributed by atoms with Crippen LogP contribution in [-0.2, 0) is 12.8 Å². The number of hydrogen-bond donors (Lipinski definition) is 0. The Kier molecular flexibility index (Phi) is 7.22. The van der Waals surface area contributed by atoms with Crippen LogP contribution < -0.4 is 0 Å². The van der Waals surface area contributed by atoms with Crippen molar-refractivity contribution >= 4 is 0 Å². The zero-order valence-corrected chi connectivity index (χ0v) is 14.3. The molecule has 0 heteroatoms. The fourth-order valence-corrected chi connectivity index (χ4v) is 2.87. The van der Waals surface area contributed by atoms with Crippen LogP contribution in [0.15, 0.2) is 48.5 Å². The predicted molar refractivity (Wildman–Crippen MR) is 97.5 cm³/mol. The summed E-state index contributed by atoms with van der Waals surface area (Å²) in [4.78, 5) is 0. The van der Waals surface area contributed by atoms with Crippen LogP contribution in [0.3, 0.4) is 0 Å². The molecule has 0 N–H and O–H groups in total. The maximum absolute atomic E-state index is 2.32. The van der Waals surface area contributed by atoms with E-state index < -0.39 is 0 Å². The lowest BCUT2D eigenvalue weighted by molar-refractivity contribution is 0.607. The first-order valence-corrected chi connectivity index (χ1v) is 8.91. The van der Waals surface area contributed by atoms with E-state index in [0.717, 1.165) is 6.42 Å². The van der Waals surface area contributed by atoms with Gasteiger partial charge in [-0.15, -0.1) is 0 Å². The molecule has 0 saturated carbocycles. The lowest BCUT2D eigenvalue weighted by atomic mass is 10.0. The summed E-state index contributed by atoms with van der Waals surface area (Å²) in [5.74, 6) is 0. The van der Waals surface area contributed by atoms with Crippen LogP contribution in [-0.4, -0.2) is 0 Å². The van der Waals surface area contributed by atoms with Gasteiger partial charge >= 0.3 is 0 Å². The Bertz CT molecular complexity index is 519. The first-order chi connectivity index (χ1) is 10.8. The molecule has 0 saturated heterocycles. The van der Waals surface area contributed by atoms with E-state index in [1.54, 1.807) is 0 Å². The summed E-state index contributed by atoms with van der Waals surface area (Å²) < 4.78 is 0. The molecular weight excluding hydrogens is 264 g/mol. The normalized spacial score (nSPS) is 10.8. The quantitative estimate of drug-likeness (QED) is 0.464. The third-order valence-corrected chi connectivity index (χ3v) is 4.37. The van der Waals surface area contributed by atoms with Gasteiger partial charge in [-0.25, -0.2) is 0 Å². The van der Waals surface area contributed by atoms with E-state index in [9.17, 15) is 0 Å². The largest absolute Gasteiger partial charge is 0.0654 e. The summed E-state index contributed by atoms with van der Waals surface area (Å²) in [6.45, 7) is 4.42. The Morgan fingerprint density at radius 3 is 1.73 bits per heavy atom. The van der Waals surface area contributed by atoms with E-state index in [4.69, 9.17) is 0 Å². The maximum Gasteiger partial charge on any atom is -0.00258 e. The van der Waals surface area contributed by atoms with Crippen molar-refractivity contribution in [3.63, 3.8) is 0 Å². The fraction of sp³-hybridized carbons (Fsp3) is 0.455. The highest BCUT2D eigenvalue weighted by atomic mass is 14.0. The van der Waals surface area contributed by atoms with Gasteiger partial charge in [0, 0.05) is 0 Å². The van der Waals surface area contributed by atoms with E-state index in [0.29, 0.717) is 0 Å². The second-order valence-corrected chi connectivity index (χ2v) is 6.50. The molecule has 0 spiro atoms. The summed E-state index contributed by atoms with van der Waals surface area (Å²) in [5, 5.41) is 0. The van der Waals surface area contributed by atoms with Crippen LogP contribution in [0.2, 0.25) is 0 Å². The Labute approximate surface area is 136 Å². The Morgan fingerprint density at radius 2 is 1.09 bits per heavy atom. The smallest absolute Gasteiger partial charge is 0.00258 e. The van der Waals surface area contributed by atoms with Crippen molar-refractivity contribution < 1.29 is 0 Å². The average molecular weight is 294 g/mol. The molecule has 0 heterocycles. The van der Waals surface area contributed by atoms with Crippen molar-refractivity contribution in [1.82, 2.24) is 0 Å². The van der Waals surface area contributed by atoms with Crippen molar-refractivity contribution in [1.29, 1.82) is 0 Å². The van der Waals surface area contributed by atoms with Crippen molar-refractivity contribution in [3.8, 4) is 0 Å². The molecule has 0 bridgehead atoms. The van der Waals surface area contributed by atoms with E-state index in [1.807, 2.05) is 0 Å². The van der Waals surface area contributed by atoms with Gasteiger partial charge in [0.25, 0.3) is 0 Å². The highest BCUT2D eigenvalue weighted by Crippen LogP contribution is 2.14. The van der Waals surface area contributed by atoms with E-state index in [1.165, 1.54) is 67.2 Å².